The first-order valence-corrected chi connectivity index (χ1v) is 4.88. The van der Waals surface area contributed by atoms with Crippen molar-refractivity contribution in [1.29, 1.82) is 0 Å². The lowest BCUT2D eigenvalue weighted by atomic mass is 10.0. The van der Waals surface area contributed by atoms with E-state index >= 15 is 0 Å². The molecule has 2 rings (SSSR count). The van der Waals surface area contributed by atoms with E-state index in [1.165, 1.54) is 12.8 Å². The topological polar surface area (TPSA) is 24.9 Å². The molecule has 0 saturated heterocycles. The zero-order chi connectivity index (χ0) is 9.31. The highest BCUT2D eigenvalue weighted by Gasteiger charge is 2.42. The minimum atomic E-state index is 0.511. The quantitative estimate of drug-likeness (QED) is 0.766. The Bertz CT molecular complexity index is 277. The second kappa shape index (κ2) is 3.02. The lowest BCUT2D eigenvalue weighted by molar-refractivity contribution is 0.492. The van der Waals surface area contributed by atoms with Gasteiger partial charge in [-0.1, -0.05) is 13.0 Å². The number of rotatable bonds is 3. The van der Waals surface area contributed by atoms with Crippen LogP contribution in [0, 0.1) is 5.41 Å². The fourth-order valence-corrected chi connectivity index (χ4v) is 1.47. The molecule has 1 fully saturated rings. The van der Waals surface area contributed by atoms with Crippen molar-refractivity contribution < 1.29 is 0 Å². The summed E-state index contributed by atoms with van der Waals surface area (Å²) in [5.74, 6) is 0.989. The van der Waals surface area contributed by atoms with Crippen LogP contribution in [0.15, 0.2) is 24.4 Å². The summed E-state index contributed by atoms with van der Waals surface area (Å²) < 4.78 is 0. The van der Waals surface area contributed by atoms with Gasteiger partial charge in [0, 0.05) is 12.2 Å². The molecule has 13 heavy (non-hydrogen) atoms. The summed E-state index contributed by atoms with van der Waals surface area (Å²) in [6, 6.07) is 6.50. The Kier molecular flexibility index (Phi) is 1.98. The zero-order valence-corrected chi connectivity index (χ0v) is 8.25. The standard InChI is InChI=1S/C11H16N2/c1-9(11(2)6-7-11)13-10-5-3-4-8-12-10/h3-5,8-9H,6-7H2,1-2H3,(H,12,13). The second-order valence-electron chi connectivity index (χ2n) is 4.24. The van der Waals surface area contributed by atoms with Crippen LogP contribution in [0.5, 0.6) is 0 Å². The number of hydrogen-bond donors (Lipinski definition) is 1. The van der Waals surface area contributed by atoms with E-state index in [9.17, 15) is 0 Å². The minimum absolute atomic E-state index is 0.511. The Morgan fingerprint density at radius 3 is 2.77 bits per heavy atom. The van der Waals surface area contributed by atoms with Crippen LogP contribution in [0.25, 0.3) is 0 Å². The fraction of sp³-hybridized carbons (Fsp3) is 0.545. The molecule has 1 aliphatic carbocycles. The lowest BCUT2D eigenvalue weighted by Gasteiger charge is -2.20. The monoisotopic (exact) mass is 176 g/mol. The first kappa shape index (κ1) is 8.54. The second-order valence-corrected chi connectivity index (χ2v) is 4.24. The molecule has 0 aliphatic heterocycles. The molecule has 1 saturated carbocycles. The molecule has 0 radical (unpaired) electrons. The Balaban J connectivity index is 1.98. The van der Waals surface area contributed by atoms with E-state index in [0.717, 1.165) is 5.82 Å². The molecule has 1 heterocycles. The molecule has 2 nitrogen and oxygen atoms in total. The molecule has 1 aromatic rings. The van der Waals surface area contributed by atoms with Crippen LogP contribution < -0.4 is 5.32 Å². The molecule has 1 unspecified atom stereocenters. The summed E-state index contributed by atoms with van der Waals surface area (Å²) in [4.78, 5) is 4.25. The number of anilines is 1. The van der Waals surface area contributed by atoms with Crippen molar-refractivity contribution in [2.75, 3.05) is 5.32 Å². The summed E-state index contributed by atoms with van der Waals surface area (Å²) in [5.41, 5.74) is 0.511. The summed E-state index contributed by atoms with van der Waals surface area (Å²) in [6.45, 7) is 4.56. The van der Waals surface area contributed by atoms with E-state index in [0.29, 0.717) is 11.5 Å². The van der Waals surface area contributed by atoms with Crippen LogP contribution in [-0.2, 0) is 0 Å². The molecule has 0 bridgehead atoms. The van der Waals surface area contributed by atoms with E-state index in [1.807, 2.05) is 24.4 Å². The molecule has 1 aliphatic rings. The normalized spacial score (nSPS) is 20.8. The molecule has 1 aromatic heterocycles. The van der Waals surface area contributed by atoms with Gasteiger partial charge in [0.25, 0.3) is 0 Å². The maximum absolute atomic E-state index is 4.25. The largest absolute Gasteiger partial charge is 0.367 e. The van der Waals surface area contributed by atoms with Gasteiger partial charge in [-0.3, -0.25) is 0 Å². The summed E-state index contributed by atoms with van der Waals surface area (Å²) >= 11 is 0. The van der Waals surface area contributed by atoms with Gasteiger partial charge >= 0.3 is 0 Å². The van der Waals surface area contributed by atoms with Gasteiger partial charge in [0.15, 0.2) is 0 Å². The number of nitrogens with one attached hydrogen (secondary N) is 1. The van der Waals surface area contributed by atoms with Crippen molar-refractivity contribution in [1.82, 2.24) is 4.98 Å². The first-order chi connectivity index (χ1) is 6.21. The van der Waals surface area contributed by atoms with Crippen LogP contribution in [0.1, 0.15) is 26.7 Å². The van der Waals surface area contributed by atoms with Crippen molar-refractivity contribution in [2.24, 2.45) is 5.41 Å². The van der Waals surface area contributed by atoms with E-state index in [2.05, 4.69) is 24.1 Å². The lowest BCUT2D eigenvalue weighted by Crippen LogP contribution is -2.25. The van der Waals surface area contributed by atoms with Crippen LogP contribution in [0.4, 0.5) is 5.82 Å². The Hall–Kier alpha value is -1.05. The van der Waals surface area contributed by atoms with Crippen LogP contribution >= 0.6 is 0 Å². The van der Waals surface area contributed by atoms with Crippen molar-refractivity contribution in [3.8, 4) is 0 Å². The van der Waals surface area contributed by atoms with Gasteiger partial charge in [-0.2, -0.15) is 0 Å². The van der Waals surface area contributed by atoms with Gasteiger partial charge in [-0.25, -0.2) is 4.98 Å². The molecule has 0 amide bonds. The van der Waals surface area contributed by atoms with E-state index in [-0.39, 0.29) is 0 Å². The fourth-order valence-electron chi connectivity index (χ4n) is 1.47. The first-order valence-electron chi connectivity index (χ1n) is 4.88. The van der Waals surface area contributed by atoms with Crippen molar-refractivity contribution in [3.63, 3.8) is 0 Å². The van der Waals surface area contributed by atoms with Crippen molar-refractivity contribution >= 4 is 5.82 Å². The summed E-state index contributed by atoms with van der Waals surface area (Å²) in [6.07, 6.45) is 4.51. The van der Waals surface area contributed by atoms with Gasteiger partial charge < -0.3 is 5.32 Å². The third-order valence-corrected chi connectivity index (χ3v) is 3.11. The van der Waals surface area contributed by atoms with Gasteiger partial charge in [0.1, 0.15) is 5.82 Å². The maximum Gasteiger partial charge on any atom is 0.126 e. The Morgan fingerprint density at radius 2 is 2.23 bits per heavy atom. The van der Waals surface area contributed by atoms with Crippen LogP contribution in [0.3, 0.4) is 0 Å². The highest BCUT2D eigenvalue weighted by atomic mass is 15.0. The van der Waals surface area contributed by atoms with E-state index in [1.54, 1.807) is 0 Å². The number of aromatic nitrogens is 1. The van der Waals surface area contributed by atoms with E-state index < -0.39 is 0 Å². The molecule has 1 atom stereocenters. The summed E-state index contributed by atoms with van der Waals surface area (Å²) in [5, 5.41) is 3.43. The number of nitrogens with zero attached hydrogens (tertiary/aromatic N) is 1. The molecule has 0 spiro atoms. The molecule has 2 heteroatoms. The number of hydrogen-bond acceptors (Lipinski definition) is 2. The van der Waals surface area contributed by atoms with Crippen LogP contribution in [0.2, 0.25) is 0 Å². The average Bonchev–Trinajstić information content (AvgIpc) is 2.87. The van der Waals surface area contributed by atoms with Crippen molar-refractivity contribution in [2.45, 2.75) is 32.7 Å². The van der Waals surface area contributed by atoms with Gasteiger partial charge in [0.2, 0.25) is 0 Å². The molecule has 0 aromatic carbocycles. The summed E-state index contributed by atoms with van der Waals surface area (Å²) in [7, 11) is 0. The van der Waals surface area contributed by atoms with E-state index in [4.69, 9.17) is 0 Å². The zero-order valence-electron chi connectivity index (χ0n) is 8.25. The highest BCUT2D eigenvalue weighted by molar-refractivity contribution is 5.35. The van der Waals surface area contributed by atoms with Gasteiger partial charge in [0.05, 0.1) is 0 Å². The highest BCUT2D eigenvalue weighted by Crippen LogP contribution is 2.48. The average molecular weight is 176 g/mol. The molecular formula is C11H16N2. The third kappa shape index (κ3) is 1.82. The van der Waals surface area contributed by atoms with Gasteiger partial charge in [-0.15, -0.1) is 0 Å². The minimum Gasteiger partial charge on any atom is -0.367 e. The van der Waals surface area contributed by atoms with Crippen molar-refractivity contribution in [3.05, 3.63) is 24.4 Å². The van der Waals surface area contributed by atoms with Crippen LogP contribution in [-0.4, -0.2) is 11.0 Å². The smallest absolute Gasteiger partial charge is 0.126 e. The molecule has 70 valence electrons. The third-order valence-electron chi connectivity index (χ3n) is 3.11. The predicted octanol–water partition coefficient (Wildman–Crippen LogP) is 2.68. The molecule has 1 N–H and O–H groups in total. The SMILES string of the molecule is CC(Nc1ccccn1)C1(C)CC1. The predicted molar refractivity (Wildman–Crippen MR) is 54.7 cm³/mol. The Morgan fingerprint density at radius 1 is 1.46 bits per heavy atom. The van der Waals surface area contributed by atoms with Gasteiger partial charge in [-0.05, 0) is 37.3 Å². The number of pyridine rings is 1. The Labute approximate surface area is 79.4 Å². The molecular weight excluding hydrogens is 160 g/mol. The maximum atomic E-state index is 4.25.